The molecular formula is C11H13NS. The molecule has 0 aromatic carbocycles. The van der Waals surface area contributed by atoms with Crippen LogP contribution in [0.5, 0.6) is 0 Å². The maximum Gasteiger partial charge on any atom is 0.100 e. The van der Waals surface area contributed by atoms with Crippen molar-refractivity contribution in [1.29, 1.82) is 0 Å². The molecule has 0 spiro atoms. The van der Waals surface area contributed by atoms with E-state index in [9.17, 15) is 0 Å². The maximum atomic E-state index is 4.20. The lowest BCUT2D eigenvalue weighted by Gasteiger charge is -2.03. The van der Waals surface area contributed by atoms with Crippen molar-refractivity contribution in [2.24, 2.45) is 0 Å². The van der Waals surface area contributed by atoms with Gasteiger partial charge in [-0.3, -0.25) is 0 Å². The van der Waals surface area contributed by atoms with Crippen molar-refractivity contribution in [2.75, 3.05) is 0 Å². The van der Waals surface area contributed by atoms with Crippen LogP contribution in [0.15, 0.2) is 53.1 Å². The summed E-state index contributed by atoms with van der Waals surface area (Å²) in [5.41, 5.74) is 1.13. The van der Waals surface area contributed by atoms with E-state index in [1.165, 1.54) is 0 Å². The van der Waals surface area contributed by atoms with E-state index >= 15 is 0 Å². The molecule has 0 saturated heterocycles. The molecule has 1 heterocycles. The van der Waals surface area contributed by atoms with Gasteiger partial charge in [-0.25, -0.2) is 4.98 Å². The zero-order chi connectivity index (χ0) is 9.68. The van der Waals surface area contributed by atoms with Gasteiger partial charge >= 0.3 is 0 Å². The van der Waals surface area contributed by atoms with Gasteiger partial charge in [0, 0.05) is 6.20 Å². The second kappa shape index (κ2) is 4.87. The summed E-state index contributed by atoms with van der Waals surface area (Å²) in [5.74, 6) is 0. The predicted octanol–water partition coefficient (Wildman–Crippen LogP) is 3.65. The van der Waals surface area contributed by atoms with Crippen LogP contribution in [-0.2, 0) is 0 Å². The van der Waals surface area contributed by atoms with Gasteiger partial charge in [0.05, 0.1) is 0 Å². The molecule has 0 unspecified atom stereocenters. The second-order valence-electron chi connectivity index (χ2n) is 2.94. The minimum atomic E-state index is 0.862. The lowest BCUT2D eigenvalue weighted by Crippen LogP contribution is -1.80. The smallest absolute Gasteiger partial charge is 0.100 e. The molecule has 1 aromatic rings. The van der Waals surface area contributed by atoms with E-state index in [0.717, 1.165) is 21.9 Å². The van der Waals surface area contributed by atoms with Gasteiger partial charge in [0.25, 0.3) is 0 Å². The molecule has 0 bridgehead atoms. The lowest BCUT2D eigenvalue weighted by molar-refractivity contribution is 1.13. The molecule has 0 atom stereocenters. The fourth-order valence-electron chi connectivity index (χ4n) is 0.928. The van der Waals surface area contributed by atoms with Crippen LogP contribution in [0.25, 0.3) is 0 Å². The number of hydrogen-bond acceptors (Lipinski definition) is 2. The van der Waals surface area contributed by atoms with Gasteiger partial charge in [-0.1, -0.05) is 36.6 Å². The molecule has 1 aromatic heterocycles. The Kier molecular flexibility index (Phi) is 3.77. The summed E-state index contributed by atoms with van der Waals surface area (Å²) in [7, 11) is 0. The number of allylic oxidation sites excluding steroid dienone is 2. The van der Waals surface area contributed by atoms with Crippen LogP contribution >= 0.6 is 11.8 Å². The SMILES string of the molecule is C=C(C)CC(=C)Sc1ccccn1. The highest BCUT2D eigenvalue weighted by Gasteiger charge is 1.98. The van der Waals surface area contributed by atoms with Crippen LogP contribution in [0.2, 0.25) is 0 Å². The molecule has 0 aliphatic rings. The average Bonchev–Trinajstić information content (AvgIpc) is 2.04. The molecule has 0 aliphatic carbocycles. The van der Waals surface area contributed by atoms with Gasteiger partial charge in [-0.05, 0) is 30.4 Å². The molecule has 1 nitrogen and oxygen atoms in total. The van der Waals surface area contributed by atoms with Gasteiger partial charge in [0.2, 0.25) is 0 Å². The Labute approximate surface area is 83.6 Å². The van der Waals surface area contributed by atoms with Crippen molar-refractivity contribution in [2.45, 2.75) is 18.4 Å². The minimum absolute atomic E-state index is 0.862. The van der Waals surface area contributed by atoms with Crippen LogP contribution in [-0.4, -0.2) is 4.98 Å². The first-order valence-electron chi connectivity index (χ1n) is 4.09. The van der Waals surface area contributed by atoms with Crippen LogP contribution in [0, 0.1) is 0 Å². The van der Waals surface area contributed by atoms with Crippen LogP contribution in [0.1, 0.15) is 13.3 Å². The lowest BCUT2D eigenvalue weighted by atomic mass is 10.2. The Morgan fingerprint density at radius 1 is 1.46 bits per heavy atom. The van der Waals surface area contributed by atoms with Crippen LogP contribution in [0.3, 0.4) is 0 Å². The van der Waals surface area contributed by atoms with Crippen molar-refractivity contribution in [1.82, 2.24) is 4.98 Å². The summed E-state index contributed by atoms with van der Waals surface area (Å²) in [4.78, 5) is 5.29. The van der Waals surface area contributed by atoms with Crippen LogP contribution < -0.4 is 0 Å². The number of thioether (sulfide) groups is 1. The molecular weight excluding hydrogens is 178 g/mol. The minimum Gasteiger partial charge on any atom is -0.250 e. The van der Waals surface area contributed by atoms with E-state index < -0.39 is 0 Å². The van der Waals surface area contributed by atoms with Gasteiger partial charge < -0.3 is 0 Å². The van der Waals surface area contributed by atoms with Gasteiger partial charge in [0.15, 0.2) is 0 Å². The second-order valence-corrected chi connectivity index (χ2v) is 4.14. The van der Waals surface area contributed by atoms with E-state index in [0.29, 0.717) is 0 Å². The molecule has 13 heavy (non-hydrogen) atoms. The van der Waals surface area contributed by atoms with Crippen LogP contribution in [0.4, 0.5) is 0 Å². The summed E-state index contributed by atoms with van der Waals surface area (Å²) >= 11 is 1.61. The highest BCUT2D eigenvalue weighted by atomic mass is 32.2. The molecule has 0 N–H and O–H groups in total. The van der Waals surface area contributed by atoms with Crippen molar-refractivity contribution in [3.8, 4) is 0 Å². The molecule has 1 rings (SSSR count). The molecule has 2 heteroatoms. The number of aromatic nitrogens is 1. The first-order valence-corrected chi connectivity index (χ1v) is 4.91. The average molecular weight is 191 g/mol. The van der Waals surface area contributed by atoms with E-state index in [4.69, 9.17) is 0 Å². The fraction of sp³-hybridized carbons (Fsp3) is 0.182. The monoisotopic (exact) mass is 191 g/mol. The summed E-state index contributed by atoms with van der Waals surface area (Å²) in [6.45, 7) is 9.80. The zero-order valence-electron chi connectivity index (χ0n) is 7.79. The number of hydrogen-bond donors (Lipinski definition) is 0. The summed E-state index contributed by atoms with van der Waals surface area (Å²) < 4.78 is 0. The topological polar surface area (TPSA) is 12.9 Å². The molecule has 68 valence electrons. The van der Waals surface area contributed by atoms with Crippen molar-refractivity contribution in [3.63, 3.8) is 0 Å². The maximum absolute atomic E-state index is 4.20. The summed E-state index contributed by atoms with van der Waals surface area (Å²) in [6, 6.07) is 5.86. The Bertz CT molecular complexity index is 303. The third-order valence-electron chi connectivity index (χ3n) is 1.39. The third kappa shape index (κ3) is 3.95. The summed E-state index contributed by atoms with van der Waals surface area (Å²) in [6.07, 6.45) is 2.65. The highest BCUT2D eigenvalue weighted by molar-refractivity contribution is 8.03. The van der Waals surface area contributed by atoms with Crippen molar-refractivity contribution >= 4 is 11.8 Å². The van der Waals surface area contributed by atoms with Gasteiger partial charge in [-0.15, -0.1) is 0 Å². The molecule has 0 aliphatic heterocycles. The Hall–Kier alpha value is -1.02. The summed E-state index contributed by atoms with van der Waals surface area (Å²) in [5, 5.41) is 0.994. The van der Waals surface area contributed by atoms with Gasteiger partial charge in [-0.2, -0.15) is 0 Å². The predicted molar refractivity (Wildman–Crippen MR) is 58.7 cm³/mol. The Morgan fingerprint density at radius 2 is 2.23 bits per heavy atom. The number of nitrogens with zero attached hydrogens (tertiary/aromatic N) is 1. The molecule has 0 saturated carbocycles. The van der Waals surface area contributed by atoms with E-state index in [-0.39, 0.29) is 0 Å². The van der Waals surface area contributed by atoms with Gasteiger partial charge in [0.1, 0.15) is 5.03 Å². The number of rotatable bonds is 4. The Morgan fingerprint density at radius 3 is 2.77 bits per heavy atom. The first-order chi connectivity index (χ1) is 6.18. The van der Waals surface area contributed by atoms with Crippen molar-refractivity contribution < 1.29 is 0 Å². The highest BCUT2D eigenvalue weighted by Crippen LogP contribution is 2.26. The largest absolute Gasteiger partial charge is 0.250 e. The normalized spacial score (nSPS) is 9.62. The molecule has 0 radical (unpaired) electrons. The fourth-order valence-corrected chi connectivity index (χ4v) is 1.80. The molecule has 0 fully saturated rings. The number of pyridine rings is 1. The quantitative estimate of drug-likeness (QED) is 0.532. The Balaban J connectivity index is 2.50. The van der Waals surface area contributed by atoms with Crippen molar-refractivity contribution in [3.05, 3.63) is 48.0 Å². The van der Waals surface area contributed by atoms with E-state index in [1.807, 2.05) is 25.1 Å². The third-order valence-corrected chi connectivity index (χ3v) is 2.27. The first kappa shape index (κ1) is 10.1. The zero-order valence-corrected chi connectivity index (χ0v) is 8.60. The van der Waals surface area contributed by atoms with E-state index in [1.54, 1.807) is 18.0 Å². The molecule has 0 amide bonds. The standard InChI is InChI=1S/C11H13NS/c1-9(2)8-10(3)13-11-6-4-5-7-12-11/h4-7H,1,3,8H2,2H3. The van der Waals surface area contributed by atoms with E-state index in [2.05, 4.69) is 18.1 Å².